The Labute approximate surface area is 169 Å². The molecule has 3 rings (SSSR count). The van der Waals surface area contributed by atoms with E-state index in [-0.39, 0.29) is 11.9 Å². The molecule has 0 bridgehead atoms. The number of rotatable bonds is 8. The number of carbonyl (C=O) groups is 1. The third-order valence-corrected chi connectivity index (χ3v) is 5.91. The lowest BCUT2D eigenvalue weighted by Gasteiger charge is -2.33. The summed E-state index contributed by atoms with van der Waals surface area (Å²) < 4.78 is 1.90. The third kappa shape index (κ3) is 5.68. The molecule has 5 heteroatoms. The van der Waals surface area contributed by atoms with Gasteiger partial charge in [-0.05, 0) is 70.2 Å². The molecule has 0 unspecified atom stereocenters. The molecule has 1 aliphatic rings. The monoisotopic (exact) mass is 382 g/mol. The van der Waals surface area contributed by atoms with Crippen molar-refractivity contribution in [1.29, 1.82) is 0 Å². The normalized spacial score (nSPS) is 17.6. The molecule has 1 saturated heterocycles. The van der Waals surface area contributed by atoms with E-state index in [0.717, 1.165) is 56.7 Å². The lowest BCUT2D eigenvalue weighted by molar-refractivity contribution is -0.122. The molecule has 0 saturated carbocycles. The van der Waals surface area contributed by atoms with E-state index >= 15 is 0 Å². The van der Waals surface area contributed by atoms with E-state index in [0.29, 0.717) is 6.42 Å². The molecule has 1 N–H and O–H groups in total. The Bertz CT molecular complexity index is 768. The molecule has 152 valence electrons. The molecule has 0 spiro atoms. The van der Waals surface area contributed by atoms with Crippen LogP contribution in [0.1, 0.15) is 48.2 Å². The summed E-state index contributed by atoms with van der Waals surface area (Å²) in [4.78, 5) is 15.0. The number of hydrogen-bond acceptors (Lipinski definition) is 3. The smallest absolute Gasteiger partial charge is 0.220 e. The largest absolute Gasteiger partial charge is 0.352 e. The summed E-state index contributed by atoms with van der Waals surface area (Å²) in [5.74, 6) is 0.166. The van der Waals surface area contributed by atoms with Gasteiger partial charge in [0, 0.05) is 31.7 Å². The fraction of sp³-hybridized carbons (Fsp3) is 0.565. The predicted molar refractivity (Wildman–Crippen MR) is 113 cm³/mol. The van der Waals surface area contributed by atoms with Gasteiger partial charge in [-0.25, -0.2) is 0 Å². The highest BCUT2D eigenvalue weighted by molar-refractivity contribution is 5.76. The minimum atomic E-state index is 0.166. The number of amides is 1. The van der Waals surface area contributed by atoms with Crippen LogP contribution >= 0.6 is 0 Å². The van der Waals surface area contributed by atoms with Crippen molar-refractivity contribution in [2.24, 2.45) is 7.05 Å². The van der Waals surface area contributed by atoms with Gasteiger partial charge < -0.3 is 10.2 Å². The van der Waals surface area contributed by atoms with E-state index in [1.54, 1.807) is 0 Å². The standard InChI is InChI=1S/C23H34N4O/c1-18-22(19(2)26(3)25-18)13-14-23(28)24-21-12-8-16-27(17-21)15-7-11-20-9-5-4-6-10-20/h4-6,9-10,21H,7-8,11-17H2,1-3H3,(H,24,28)/t21-/m0/s1. The Hall–Kier alpha value is -2.14. The molecule has 1 atom stereocenters. The SMILES string of the molecule is Cc1nn(C)c(C)c1CCC(=O)N[C@H]1CCCN(CCCc2ccccc2)C1. The molecule has 2 heterocycles. The number of nitrogens with one attached hydrogen (secondary N) is 1. The number of piperidine rings is 1. The minimum Gasteiger partial charge on any atom is -0.352 e. The summed E-state index contributed by atoms with van der Waals surface area (Å²) in [5, 5.41) is 7.71. The maximum absolute atomic E-state index is 12.5. The molecule has 0 radical (unpaired) electrons. The van der Waals surface area contributed by atoms with Gasteiger partial charge >= 0.3 is 0 Å². The van der Waals surface area contributed by atoms with Crippen LogP contribution in [-0.2, 0) is 24.7 Å². The molecule has 1 fully saturated rings. The Kier molecular flexibility index (Phi) is 7.26. The van der Waals surface area contributed by atoms with E-state index in [9.17, 15) is 4.79 Å². The van der Waals surface area contributed by atoms with Crippen molar-refractivity contribution < 1.29 is 4.79 Å². The second kappa shape index (κ2) is 9.87. The van der Waals surface area contributed by atoms with Crippen LogP contribution in [0.5, 0.6) is 0 Å². The first-order valence-electron chi connectivity index (χ1n) is 10.6. The van der Waals surface area contributed by atoms with E-state index in [1.165, 1.54) is 17.5 Å². The number of aromatic nitrogens is 2. The molecular formula is C23H34N4O. The van der Waals surface area contributed by atoms with Gasteiger partial charge in [-0.15, -0.1) is 0 Å². The predicted octanol–water partition coefficient (Wildman–Crippen LogP) is 3.18. The first kappa shape index (κ1) is 20.6. The van der Waals surface area contributed by atoms with Crippen molar-refractivity contribution in [3.8, 4) is 0 Å². The zero-order valence-electron chi connectivity index (χ0n) is 17.6. The molecule has 0 aliphatic carbocycles. The molecule has 1 aromatic carbocycles. The Balaban J connectivity index is 1.39. The maximum atomic E-state index is 12.5. The van der Waals surface area contributed by atoms with Gasteiger partial charge in [0.05, 0.1) is 5.69 Å². The highest BCUT2D eigenvalue weighted by atomic mass is 16.1. The van der Waals surface area contributed by atoms with Crippen LogP contribution in [0.4, 0.5) is 0 Å². The second-order valence-electron chi connectivity index (χ2n) is 8.07. The fourth-order valence-electron chi connectivity index (χ4n) is 4.25. The Morgan fingerprint density at radius 2 is 2.00 bits per heavy atom. The average molecular weight is 383 g/mol. The van der Waals surface area contributed by atoms with Crippen molar-refractivity contribution in [2.45, 2.75) is 58.4 Å². The zero-order chi connectivity index (χ0) is 19.9. The Morgan fingerprint density at radius 1 is 1.21 bits per heavy atom. The lowest BCUT2D eigenvalue weighted by atomic mass is 10.0. The molecule has 28 heavy (non-hydrogen) atoms. The van der Waals surface area contributed by atoms with Crippen molar-refractivity contribution in [3.63, 3.8) is 0 Å². The number of benzene rings is 1. The van der Waals surface area contributed by atoms with Crippen LogP contribution in [0.25, 0.3) is 0 Å². The van der Waals surface area contributed by atoms with E-state index in [4.69, 9.17) is 0 Å². The number of nitrogens with zero attached hydrogens (tertiary/aromatic N) is 3. The third-order valence-electron chi connectivity index (χ3n) is 5.91. The molecule has 1 aromatic heterocycles. The first-order chi connectivity index (χ1) is 13.5. The summed E-state index contributed by atoms with van der Waals surface area (Å²) >= 11 is 0. The number of likely N-dealkylation sites (tertiary alicyclic amines) is 1. The van der Waals surface area contributed by atoms with Gasteiger partial charge in [-0.1, -0.05) is 30.3 Å². The minimum absolute atomic E-state index is 0.166. The number of carbonyl (C=O) groups excluding carboxylic acids is 1. The van der Waals surface area contributed by atoms with E-state index < -0.39 is 0 Å². The number of hydrogen-bond donors (Lipinski definition) is 1. The van der Waals surface area contributed by atoms with Gasteiger partial charge in [0.1, 0.15) is 0 Å². The van der Waals surface area contributed by atoms with E-state index in [1.807, 2.05) is 18.7 Å². The van der Waals surface area contributed by atoms with Gasteiger partial charge in [-0.3, -0.25) is 9.48 Å². The van der Waals surface area contributed by atoms with E-state index in [2.05, 4.69) is 52.6 Å². The molecular weight excluding hydrogens is 348 g/mol. The maximum Gasteiger partial charge on any atom is 0.220 e. The van der Waals surface area contributed by atoms with Gasteiger partial charge in [0.15, 0.2) is 0 Å². The van der Waals surface area contributed by atoms with Gasteiger partial charge in [-0.2, -0.15) is 5.10 Å². The molecule has 1 amide bonds. The highest BCUT2D eigenvalue weighted by Crippen LogP contribution is 2.15. The van der Waals surface area contributed by atoms with Crippen LogP contribution in [-0.4, -0.2) is 46.3 Å². The van der Waals surface area contributed by atoms with Gasteiger partial charge in [0.25, 0.3) is 0 Å². The summed E-state index contributed by atoms with van der Waals surface area (Å²) in [6.07, 6.45) is 5.86. The van der Waals surface area contributed by atoms with Crippen LogP contribution in [0, 0.1) is 13.8 Å². The number of aryl methyl sites for hydroxylation is 3. The van der Waals surface area contributed by atoms with Crippen molar-refractivity contribution in [1.82, 2.24) is 20.0 Å². The highest BCUT2D eigenvalue weighted by Gasteiger charge is 2.21. The topological polar surface area (TPSA) is 50.2 Å². The summed E-state index contributed by atoms with van der Waals surface area (Å²) in [6.45, 7) is 7.33. The molecule has 1 aliphatic heterocycles. The van der Waals surface area contributed by atoms with Crippen LogP contribution in [0.2, 0.25) is 0 Å². The summed E-state index contributed by atoms with van der Waals surface area (Å²) in [6, 6.07) is 11.0. The molecule has 2 aromatic rings. The second-order valence-corrected chi connectivity index (χ2v) is 8.07. The van der Waals surface area contributed by atoms with Crippen LogP contribution in [0.3, 0.4) is 0 Å². The lowest BCUT2D eigenvalue weighted by Crippen LogP contribution is -2.48. The summed E-state index contributed by atoms with van der Waals surface area (Å²) in [7, 11) is 1.96. The zero-order valence-corrected chi connectivity index (χ0v) is 17.6. The van der Waals surface area contributed by atoms with Crippen LogP contribution < -0.4 is 5.32 Å². The first-order valence-corrected chi connectivity index (χ1v) is 10.6. The fourth-order valence-corrected chi connectivity index (χ4v) is 4.25. The Morgan fingerprint density at radius 3 is 2.71 bits per heavy atom. The van der Waals surface area contributed by atoms with Crippen molar-refractivity contribution in [2.75, 3.05) is 19.6 Å². The summed E-state index contributed by atoms with van der Waals surface area (Å²) in [5.41, 5.74) is 4.82. The molecule has 5 nitrogen and oxygen atoms in total. The van der Waals surface area contributed by atoms with Gasteiger partial charge in [0.2, 0.25) is 5.91 Å². The van der Waals surface area contributed by atoms with Crippen molar-refractivity contribution in [3.05, 3.63) is 52.8 Å². The average Bonchev–Trinajstić information content (AvgIpc) is 2.93. The van der Waals surface area contributed by atoms with Crippen molar-refractivity contribution >= 4 is 5.91 Å². The van der Waals surface area contributed by atoms with Crippen LogP contribution in [0.15, 0.2) is 30.3 Å². The quantitative estimate of drug-likeness (QED) is 0.763.